The van der Waals surface area contributed by atoms with Crippen LogP contribution in [0.2, 0.25) is 0 Å². The van der Waals surface area contributed by atoms with Crippen molar-refractivity contribution in [3.8, 4) is 0 Å². The second kappa shape index (κ2) is 12.6. The lowest BCUT2D eigenvalue weighted by molar-refractivity contribution is -0.0689. The molecule has 0 heterocycles. The molecule has 0 atom stereocenters. The van der Waals surface area contributed by atoms with E-state index in [1.54, 1.807) is 0 Å². The Labute approximate surface area is 196 Å². The molecule has 32 heavy (non-hydrogen) atoms. The first-order valence-corrected chi connectivity index (χ1v) is 12.7. The molecule has 3 heteroatoms. The topological polar surface area (TPSA) is 27.7 Å². The van der Waals surface area contributed by atoms with Gasteiger partial charge < -0.3 is 14.2 Å². The van der Waals surface area contributed by atoms with Crippen molar-refractivity contribution in [2.24, 2.45) is 10.8 Å². The first-order chi connectivity index (χ1) is 15.5. The number of fused-ring (bicyclic) bond motifs is 3. The third kappa shape index (κ3) is 7.78. The molecule has 0 unspecified atom stereocenters. The van der Waals surface area contributed by atoms with E-state index < -0.39 is 0 Å². The smallest absolute Gasteiger partial charge is 0.0925 e. The largest absolute Gasteiger partial charge is 0.498 e. The normalized spacial score (nSPS) is 24.4. The molecule has 3 aliphatic carbocycles. The van der Waals surface area contributed by atoms with Gasteiger partial charge in [-0.3, -0.25) is 0 Å². The van der Waals surface area contributed by atoms with Gasteiger partial charge in [-0.2, -0.15) is 0 Å². The van der Waals surface area contributed by atoms with Crippen molar-refractivity contribution >= 4 is 0 Å². The molecule has 0 aromatic heterocycles. The number of hydrogen-bond donors (Lipinski definition) is 0. The van der Waals surface area contributed by atoms with Crippen LogP contribution in [0.1, 0.15) is 75.3 Å². The summed E-state index contributed by atoms with van der Waals surface area (Å²) in [6.07, 6.45) is 15.2. The third-order valence-corrected chi connectivity index (χ3v) is 7.72. The molecule has 0 amide bonds. The lowest BCUT2D eigenvalue weighted by Crippen LogP contribution is -2.44. The molecule has 3 aliphatic rings. The summed E-state index contributed by atoms with van der Waals surface area (Å²) in [5.41, 5.74) is 3.91. The van der Waals surface area contributed by atoms with Gasteiger partial charge in [-0.15, -0.1) is 6.58 Å². The monoisotopic (exact) mass is 440 g/mol. The quantitative estimate of drug-likeness (QED) is 0.155. The minimum Gasteiger partial charge on any atom is -0.498 e. The molecular weight excluding hydrogens is 396 g/mol. The lowest BCUT2D eigenvalue weighted by atomic mass is 9.53. The minimum atomic E-state index is 0.456. The van der Waals surface area contributed by atoms with Crippen molar-refractivity contribution < 1.29 is 14.2 Å². The van der Waals surface area contributed by atoms with Crippen molar-refractivity contribution in [1.82, 2.24) is 0 Å². The van der Waals surface area contributed by atoms with Crippen LogP contribution in [0.15, 0.2) is 49.3 Å². The highest BCUT2D eigenvalue weighted by atomic mass is 16.5. The maximum atomic E-state index is 6.13. The Morgan fingerprint density at radius 3 is 2.12 bits per heavy atom. The Morgan fingerprint density at radius 1 is 0.875 bits per heavy atom. The van der Waals surface area contributed by atoms with Crippen molar-refractivity contribution in [3.05, 3.63) is 60.4 Å². The molecule has 2 bridgehead atoms. The molecule has 0 radical (unpaired) electrons. The van der Waals surface area contributed by atoms with Gasteiger partial charge >= 0.3 is 0 Å². The predicted octanol–water partition coefficient (Wildman–Crippen LogP) is 7.19. The van der Waals surface area contributed by atoms with Crippen LogP contribution in [0.25, 0.3) is 0 Å². The zero-order valence-electron chi connectivity index (χ0n) is 20.3. The molecule has 0 N–H and O–H groups in total. The van der Waals surface area contributed by atoms with Crippen LogP contribution in [0.5, 0.6) is 0 Å². The molecule has 3 fully saturated rings. The third-order valence-electron chi connectivity index (χ3n) is 7.72. The van der Waals surface area contributed by atoms with E-state index in [9.17, 15) is 0 Å². The Kier molecular flexibility index (Phi) is 9.87. The van der Waals surface area contributed by atoms with E-state index in [0.717, 1.165) is 45.0 Å². The molecule has 3 saturated carbocycles. The van der Waals surface area contributed by atoms with Crippen LogP contribution in [-0.2, 0) is 20.6 Å². The average Bonchev–Trinajstić information content (AvgIpc) is 2.81. The van der Waals surface area contributed by atoms with E-state index >= 15 is 0 Å². The molecule has 1 aromatic carbocycles. The summed E-state index contributed by atoms with van der Waals surface area (Å²) in [5.74, 6) is 0.779. The van der Waals surface area contributed by atoms with Gasteiger partial charge in [0, 0.05) is 32.7 Å². The van der Waals surface area contributed by atoms with Crippen LogP contribution < -0.4 is 0 Å². The van der Waals surface area contributed by atoms with Crippen LogP contribution in [0, 0.1) is 17.8 Å². The lowest BCUT2D eigenvalue weighted by Gasteiger charge is -2.53. The summed E-state index contributed by atoms with van der Waals surface area (Å²) in [7, 11) is 0. The second-order valence-electron chi connectivity index (χ2n) is 10.2. The van der Waals surface area contributed by atoms with Gasteiger partial charge in [0.25, 0.3) is 0 Å². The van der Waals surface area contributed by atoms with Crippen LogP contribution in [0.4, 0.5) is 0 Å². The summed E-state index contributed by atoms with van der Waals surface area (Å²) < 4.78 is 17.3. The van der Waals surface area contributed by atoms with E-state index in [4.69, 9.17) is 14.2 Å². The molecule has 0 aliphatic heterocycles. The SMILES string of the molecule is C=CCC(=C)OCCCOCCCOCC12CCC(CCc3ccc(C)cc3)(CC1)CC2. The van der Waals surface area contributed by atoms with Crippen molar-refractivity contribution in [1.29, 1.82) is 0 Å². The van der Waals surface area contributed by atoms with Crippen LogP contribution in [-0.4, -0.2) is 33.0 Å². The maximum Gasteiger partial charge on any atom is 0.0925 e. The summed E-state index contributed by atoms with van der Waals surface area (Å²) in [6.45, 7) is 13.6. The number of allylic oxidation sites excluding steroid dienone is 1. The number of aryl methyl sites for hydroxylation is 2. The van der Waals surface area contributed by atoms with E-state index in [0.29, 0.717) is 23.9 Å². The molecule has 0 spiro atoms. The fraction of sp³-hybridized carbons (Fsp3) is 0.655. The fourth-order valence-corrected chi connectivity index (χ4v) is 5.35. The van der Waals surface area contributed by atoms with E-state index in [-0.39, 0.29) is 0 Å². The summed E-state index contributed by atoms with van der Waals surface area (Å²) in [4.78, 5) is 0. The molecular formula is C29H44O3. The van der Waals surface area contributed by atoms with Gasteiger partial charge in [-0.1, -0.05) is 42.5 Å². The summed E-state index contributed by atoms with van der Waals surface area (Å²) >= 11 is 0. The van der Waals surface area contributed by atoms with Crippen LogP contribution in [0.3, 0.4) is 0 Å². The van der Waals surface area contributed by atoms with E-state index in [1.807, 2.05) is 6.08 Å². The highest BCUT2D eigenvalue weighted by Crippen LogP contribution is 2.58. The number of benzene rings is 1. The van der Waals surface area contributed by atoms with Gasteiger partial charge in [0.05, 0.1) is 19.0 Å². The van der Waals surface area contributed by atoms with Gasteiger partial charge in [0.1, 0.15) is 0 Å². The Balaban J connectivity index is 1.22. The average molecular weight is 441 g/mol. The zero-order valence-corrected chi connectivity index (χ0v) is 20.3. The van der Waals surface area contributed by atoms with Gasteiger partial charge in [0.2, 0.25) is 0 Å². The molecule has 3 nitrogen and oxygen atoms in total. The number of rotatable bonds is 16. The second-order valence-corrected chi connectivity index (χ2v) is 10.2. The zero-order chi connectivity index (χ0) is 22.7. The summed E-state index contributed by atoms with van der Waals surface area (Å²) in [6, 6.07) is 9.13. The highest BCUT2D eigenvalue weighted by Gasteiger charge is 2.48. The van der Waals surface area contributed by atoms with Gasteiger partial charge in [0.15, 0.2) is 0 Å². The van der Waals surface area contributed by atoms with E-state index in [1.165, 1.54) is 62.5 Å². The molecule has 4 rings (SSSR count). The predicted molar refractivity (Wildman–Crippen MR) is 133 cm³/mol. The Bertz CT molecular complexity index is 681. The van der Waals surface area contributed by atoms with Crippen molar-refractivity contribution in [3.63, 3.8) is 0 Å². The Morgan fingerprint density at radius 2 is 1.47 bits per heavy atom. The summed E-state index contributed by atoms with van der Waals surface area (Å²) in [5, 5.41) is 0. The highest BCUT2D eigenvalue weighted by molar-refractivity contribution is 5.21. The molecule has 1 aromatic rings. The number of hydrogen-bond acceptors (Lipinski definition) is 3. The Hall–Kier alpha value is -1.58. The standard InChI is InChI=1S/C29H44O3/c1-4-7-26(3)32-23-6-21-30-20-5-22-31-24-29-17-14-28(15-18-29,16-19-29)13-12-27-10-8-25(2)9-11-27/h4,8-11H,1,3,5-7,12-24H2,2H3. The fourth-order valence-electron chi connectivity index (χ4n) is 5.35. The van der Waals surface area contributed by atoms with Crippen molar-refractivity contribution in [2.45, 2.75) is 77.6 Å². The van der Waals surface area contributed by atoms with Gasteiger partial charge in [-0.05, 0) is 81.1 Å². The minimum absolute atomic E-state index is 0.456. The number of ether oxygens (including phenoxy) is 3. The van der Waals surface area contributed by atoms with E-state index in [2.05, 4.69) is 44.3 Å². The van der Waals surface area contributed by atoms with Gasteiger partial charge in [-0.25, -0.2) is 0 Å². The first-order valence-electron chi connectivity index (χ1n) is 12.7. The van der Waals surface area contributed by atoms with Crippen LogP contribution >= 0.6 is 0 Å². The van der Waals surface area contributed by atoms with Crippen molar-refractivity contribution in [2.75, 3.05) is 33.0 Å². The first kappa shape index (κ1) is 25.1. The maximum absolute atomic E-state index is 6.13. The molecule has 0 saturated heterocycles. The molecule has 178 valence electrons.